The average Bonchev–Trinajstić information content (AvgIpc) is 2.90. The number of hydrogen-bond acceptors (Lipinski definition) is 2. The highest BCUT2D eigenvalue weighted by molar-refractivity contribution is 5.56. The lowest BCUT2D eigenvalue weighted by Crippen LogP contribution is -2.41. The van der Waals surface area contributed by atoms with Crippen molar-refractivity contribution in [1.82, 2.24) is 0 Å². The van der Waals surface area contributed by atoms with Crippen molar-refractivity contribution in [3.63, 3.8) is 0 Å². The molecule has 108 valence electrons. The second-order valence-electron chi connectivity index (χ2n) is 5.81. The van der Waals surface area contributed by atoms with Gasteiger partial charge in [0, 0.05) is 10.6 Å². The fourth-order valence-corrected chi connectivity index (χ4v) is 3.80. The summed E-state index contributed by atoms with van der Waals surface area (Å²) in [5.74, 6) is 0. The second kappa shape index (κ2) is 4.73. The molecule has 2 aromatic carbocycles. The van der Waals surface area contributed by atoms with Crippen LogP contribution in [0.25, 0.3) is 10.4 Å². The highest BCUT2D eigenvalue weighted by Crippen LogP contribution is 2.66. The lowest BCUT2D eigenvalue weighted by Gasteiger charge is -2.45. The van der Waals surface area contributed by atoms with Crippen LogP contribution in [-0.4, -0.2) is 0 Å². The van der Waals surface area contributed by atoms with E-state index in [1.165, 1.54) is 11.1 Å². The van der Waals surface area contributed by atoms with Crippen LogP contribution in [0.3, 0.4) is 0 Å². The molecule has 4 heteroatoms. The molecule has 4 nitrogen and oxygen atoms in total. The molecule has 0 unspecified atom stereocenters. The van der Waals surface area contributed by atoms with Gasteiger partial charge in [-0.2, -0.15) is 0 Å². The molecule has 4 rings (SSSR count). The third-order valence-electron chi connectivity index (χ3n) is 4.83. The molecule has 0 aromatic heterocycles. The molecule has 1 aliphatic heterocycles. The van der Waals surface area contributed by atoms with Crippen LogP contribution >= 0.6 is 0 Å². The summed E-state index contributed by atoms with van der Waals surface area (Å²) in [6.45, 7) is 4.03. The molecule has 2 aromatic rings. The normalized spacial score (nSPS) is 28.0. The standard InChI is InChI=1S/C18H15N3O/c1-12(20-21-19)18-11-16(13-7-3-2-4-8-13)22-17(18)14-9-5-6-10-15(14)18/h2-10,16-17H,1,11H2/t16-,17-,18-/m0/s1. The molecule has 0 N–H and O–H groups in total. The minimum Gasteiger partial charge on any atom is -0.364 e. The van der Waals surface area contributed by atoms with Gasteiger partial charge >= 0.3 is 0 Å². The van der Waals surface area contributed by atoms with Crippen molar-refractivity contribution in [2.24, 2.45) is 5.11 Å². The Labute approximate surface area is 128 Å². The molecule has 0 bridgehead atoms. The van der Waals surface area contributed by atoms with Gasteiger partial charge < -0.3 is 4.74 Å². The van der Waals surface area contributed by atoms with Crippen molar-refractivity contribution in [3.8, 4) is 0 Å². The number of hydrogen-bond donors (Lipinski definition) is 0. The summed E-state index contributed by atoms with van der Waals surface area (Å²) < 4.78 is 6.30. The minimum absolute atomic E-state index is 0.00996. The Morgan fingerprint density at radius 2 is 1.91 bits per heavy atom. The Balaban J connectivity index is 1.79. The van der Waals surface area contributed by atoms with Gasteiger partial charge in [-0.15, -0.1) is 0 Å². The quantitative estimate of drug-likeness (QED) is 0.447. The molecule has 0 spiro atoms. The molecule has 1 fully saturated rings. The average molecular weight is 289 g/mol. The van der Waals surface area contributed by atoms with Crippen molar-refractivity contribution in [2.45, 2.75) is 24.0 Å². The molecule has 0 radical (unpaired) electrons. The Morgan fingerprint density at radius 1 is 1.18 bits per heavy atom. The van der Waals surface area contributed by atoms with Gasteiger partial charge in [-0.3, -0.25) is 0 Å². The summed E-state index contributed by atoms with van der Waals surface area (Å²) in [5, 5.41) is 3.81. The first kappa shape index (κ1) is 13.1. The second-order valence-corrected chi connectivity index (χ2v) is 5.81. The van der Waals surface area contributed by atoms with E-state index >= 15 is 0 Å². The molecule has 2 aliphatic rings. The van der Waals surface area contributed by atoms with E-state index in [0.29, 0.717) is 5.70 Å². The van der Waals surface area contributed by atoms with Crippen molar-refractivity contribution < 1.29 is 4.74 Å². The summed E-state index contributed by atoms with van der Waals surface area (Å²) in [7, 11) is 0. The summed E-state index contributed by atoms with van der Waals surface area (Å²) in [4.78, 5) is 2.93. The zero-order valence-electron chi connectivity index (χ0n) is 12.0. The molecular formula is C18H15N3O. The van der Waals surface area contributed by atoms with Crippen LogP contribution in [0.4, 0.5) is 0 Å². The molecule has 0 amide bonds. The van der Waals surface area contributed by atoms with Crippen LogP contribution in [0.1, 0.15) is 35.3 Å². The summed E-state index contributed by atoms with van der Waals surface area (Å²) >= 11 is 0. The van der Waals surface area contributed by atoms with Gasteiger partial charge in [-0.05, 0) is 28.6 Å². The monoisotopic (exact) mass is 289 g/mol. The van der Waals surface area contributed by atoms with Crippen molar-refractivity contribution in [2.75, 3.05) is 0 Å². The minimum atomic E-state index is -0.386. The molecular weight excluding hydrogens is 274 g/mol. The van der Waals surface area contributed by atoms with Crippen LogP contribution in [0.5, 0.6) is 0 Å². The fraction of sp³-hybridized carbons (Fsp3) is 0.222. The fourth-order valence-electron chi connectivity index (χ4n) is 3.80. The van der Waals surface area contributed by atoms with Gasteiger partial charge in [0.15, 0.2) is 0 Å². The van der Waals surface area contributed by atoms with Crippen LogP contribution in [0, 0.1) is 0 Å². The molecule has 1 saturated heterocycles. The van der Waals surface area contributed by atoms with E-state index in [4.69, 9.17) is 10.3 Å². The largest absolute Gasteiger partial charge is 0.364 e. The first-order valence-corrected chi connectivity index (χ1v) is 7.31. The summed E-state index contributed by atoms with van der Waals surface area (Å²) in [5.41, 5.74) is 12.5. The van der Waals surface area contributed by atoms with Crippen molar-refractivity contribution in [3.05, 3.63) is 94.0 Å². The smallest absolute Gasteiger partial charge is 0.0973 e. The topological polar surface area (TPSA) is 58.0 Å². The highest BCUT2D eigenvalue weighted by Gasteiger charge is 2.60. The van der Waals surface area contributed by atoms with Crippen molar-refractivity contribution in [1.29, 1.82) is 0 Å². The van der Waals surface area contributed by atoms with E-state index in [0.717, 1.165) is 12.0 Å². The van der Waals surface area contributed by atoms with E-state index in [1.807, 2.05) is 30.3 Å². The van der Waals surface area contributed by atoms with Crippen molar-refractivity contribution >= 4 is 0 Å². The van der Waals surface area contributed by atoms with E-state index in [9.17, 15) is 0 Å². The van der Waals surface area contributed by atoms with Crippen LogP contribution < -0.4 is 0 Å². The van der Waals surface area contributed by atoms with Gasteiger partial charge in [-0.25, -0.2) is 0 Å². The zero-order valence-corrected chi connectivity index (χ0v) is 12.0. The molecule has 1 aliphatic carbocycles. The predicted molar refractivity (Wildman–Crippen MR) is 84.0 cm³/mol. The number of benzene rings is 2. The molecule has 0 saturated carbocycles. The molecule has 22 heavy (non-hydrogen) atoms. The lowest BCUT2D eigenvalue weighted by atomic mass is 9.59. The number of fused-ring (bicyclic) bond motifs is 4. The molecule has 1 heterocycles. The van der Waals surface area contributed by atoms with Crippen LogP contribution in [0.15, 0.2) is 72.0 Å². The van der Waals surface area contributed by atoms with Crippen LogP contribution in [-0.2, 0) is 10.2 Å². The predicted octanol–water partition coefficient (Wildman–Crippen LogP) is 4.96. The van der Waals surface area contributed by atoms with Gasteiger partial charge in [0.1, 0.15) is 0 Å². The highest BCUT2D eigenvalue weighted by atomic mass is 16.5. The van der Waals surface area contributed by atoms with E-state index < -0.39 is 0 Å². The first-order chi connectivity index (χ1) is 10.8. The van der Waals surface area contributed by atoms with Gasteiger partial charge in [0.2, 0.25) is 0 Å². The van der Waals surface area contributed by atoms with E-state index in [2.05, 4.69) is 40.9 Å². The SMILES string of the molecule is C=C(N=[N+]=[N-])[C@]12C[C@@H](c3ccccc3)O[C@H]1c1ccccc12. The van der Waals surface area contributed by atoms with Crippen LogP contribution in [0.2, 0.25) is 0 Å². The summed E-state index contributed by atoms with van der Waals surface area (Å²) in [6, 6.07) is 18.4. The molecule has 3 atom stereocenters. The van der Waals surface area contributed by atoms with Gasteiger partial charge in [0.25, 0.3) is 0 Å². The van der Waals surface area contributed by atoms with E-state index in [-0.39, 0.29) is 17.6 Å². The maximum atomic E-state index is 8.81. The summed E-state index contributed by atoms with van der Waals surface area (Å²) in [6.07, 6.45) is 0.674. The Hall–Kier alpha value is -2.55. The first-order valence-electron chi connectivity index (χ1n) is 7.31. The van der Waals surface area contributed by atoms with E-state index in [1.54, 1.807) is 0 Å². The Bertz CT molecular complexity index is 795. The number of ether oxygens (including phenoxy) is 1. The third-order valence-corrected chi connectivity index (χ3v) is 4.83. The maximum absolute atomic E-state index is 8.81. The Morgan fingerprint density at radius 3 is 2.68 bits per heavy atom. The van der Waals surface area contributed by atoms with Gasteiger partial charge in [0.05, 0.1) is 17.6 Å². The number of azide groups is 1. The number of rotatable bonds is 3. The van der Waals surface area contributed by atoms with Gasteiger partial charge in [-0.1, -0.05) is 66.3 Å². The zero-order chi connectivity index (χ0) is 15.2. The maximum Gasteiger partial charge on any atom is 0.0973 e. The lowest BCUT2D eigenvalue weighted by molar-refractivity contribution is 0.0165. The third kappa shape index (κ3) is 1.59. The Kier molecular flexibility index (Phi) is 2.83. The number of nitrogens with zero attached hydrogens (tertiary/aromatic N) is 3.